The van der Waals surface area contributed by atoms with Crippen molar-refractivity contribution in [1.29, 1.82) is 0 Å². The zero-order chi connectivity index (χ0) is 14.9. The van der Waals surface area contributed by atoms with E-state index in [1.165, 1.54) is 16.9 Å². The van der Waals surface area contributed by atoms with Gasteiger partial charge in [0.1, 0.15) is 0 Å². The number of hydrogen-bond acceptors (Lipinski definition) is 3. The number of benzene rings is 1. The van der Waals surface area contributed by atoms with Gasteiger partial charge in [-0.2, -0.15) is 0 Å². The highest BCUT2D eigenvalue weighted by Crippen LogP contribution is 2.15. The number of nitrogens with one attached hydrogen (secondary N) is 2. The minimum Gasteiger partial charge on any atom is -0.376 e. The minimum atomic E-state index is 0. The summed E-state index contributed by atoms with van der Waals surface area (Å²) in [4.78, 5) is 5.92. The molecule has 1 saturated heterocycles. The molecule has 4 nitrogen and oxygen atoms in total. The average molecular weight is 435 g/mol. The lowest BCUT2D eigenvalue weighted by Gasteiger charge is -2.14. The predicted molar refractivity (Wildman–Crippen MR) is 105 cm³/mol. The highest BCUT2D eigenvalue weighted by molar-refractivity contribution is 14.0. The van der Waals surface area contributed by atoms with Crippen LogP contribution in [0.25, 0.3) is 0 Å². The maximum atomic E-state index is 5.62. The SMILES string of the molecule is CCNC(=NCc1ccc(SC)cc1)NCC1CCCO1.I. The van der Waals surface area contributed by atoms with Crippen LogP contribution < -0.4 is 10.6 Å². The fraction of sp³-hybridized carbons (Fsp3) is 0.562. The molecule has 0 radical (unpaired) electrons. The van der Waals surface area contributed by atoms with Crippen LogP contribution in [0.15, 0.2) is 34.2 Å². The van der Waals surface area contributed by atoms with E-state index in [9.17, 15) is 0 Å². The first kappa shape index (κ1) is 19.6. The van der Waals surface area contributed by atoms with Crippen molar-refractivity contribution in [3.63, 3.8) is 0 Å². The molecule has 1 fully saturated rings. The highest BCUT2D eigenvalue weighted by atomic mass is 127. The summed E-state index contributed by atoms with van der Waals surface area (Å²) in [5.74, 6) is 0.863. The first-order chi connectivity index (χ1) is 10.3. The second-order valence-corrected chi connectivity index (χ2v) is 5.94. The molecule has 6 heteroatoms. The maximum absolute atomic E-state index is 5.62. The van der Waals surface area contributed by atoms with Crippen molar-refractivity contribution in [2.75, 3.05) is 26.0 Å². The molecular formula is C16H26IN3OS. The molecule has 0 amide bonds. The normalized spacial score (nSPS) is 17.9. The number of guanidine groups is 1. The standard InChI is InChI=1S/C16H25N3OS.HI/c1-3-17-16(19-12-14-5-4-10-20-14)18-11-13-6-8-15(21-2)9-7-13;/h6-9,14H,3-5,10-12H2,1-2H3,(H2,17,18,19);1H. The number of rotatable bonds is 6. The smallest absolute Gasteiger partial charge is 0.191 e. The van der Waals surface area contributed by atoms with Gasteiger partial charge in [0.15, 0.2) is 5.96 Å². The van der Waals surface area contributed by atoms with E-state index in [-0.39, 0.29) is 24.0 Å². The third-order valence-electron chi connectivity index (χ3n) is 3.44. The minimum absolute atomic E-state index is 0. The molecule has 0 aliphatic carbocycles. The van der Waals surface area contributed by atoms with Crippen molar-refractivity contribution in [1.82, 2.24) is 10.6 Å². The molecule has 124 valence electrons. The summed E-state index contributed by atoms with van der Waals surface area (Å²) in [6, 6.07) is 8.56. The van der Waals surface area contributed by atoms with Gasteiger partial charge in [0.25, 0.3) is 0 Å². The molecule has 1 heterocycles. The van der Waals surface area contributed by atoms with Crippen molar-refractivity contribution in [2.45, 2.75) is 37.3 Å². The van der Waals surface area contributed by atoms with Crippen LogP contribution in [0.3, 0.4) is 0 Å². The molecule has 2 N–H and O–H groups in total. The average Bonchev–Trinajstić information content (AvgIpc) is 3.04. The Morgan fingerprint density at radius 2 is 2.09 bits per heavy atom. The molecule has 0 aromatic heterocycles. The molecule has 1 unspecified atom stereocenters. The second kappa shape index (κ2) is 11.1. The van der Waals surface area contributed by atoms with E-state index >= 15 is 0 Å². The van der Waals surface area contributed by atoms with Crippen LogP contribution >= 0.6 is 35.7 Å². The Labute approximate surface area is 154 Å². The number of aliphatic imine (C=N–C) groups is 1. The Bertz CT molecular complexity index is 447. The van der Waals surface area contributed by atoms with Crippen molar-refractivity contribution in [2.24, 2.45) is 4.99 Å². The number of ether oxygens (including phenoxy) is 1. The summed E-state index contributed by atoms with van der Waals surface area (Å²) < 4.78 is 5.62. The van der Waals surface area contributed by atoms with Gasteiger partial charge in [0.05, 0.1) is 12.6 Å². The molecule has 0 bridgehead atoms. The third kappa shape index (κ3) is 6.75. The summed E-state index contributed by atoms with van der Waals surface area (Å²) in [6.45, 7) is 5.36. The van der Waals surface area contributed by atoms with Crippen LogP contribution in [-0.4, -0.2) is 38.0 Å². The zero-order valence-corrected chi connectivity index (χ0v) is 16.4. The van der Waals surface area contributed by atoms with Crippen LogP contribution in [0.4, 0.5) is 0 Å². The lowest BCUT2D eigenvalue weighted by molar-refractivity contribution is 0.114. The molecule has 2 rings (SSSR count). The Morgan fingerprint density at radius 1 is 1.32 bits per heavy atom. The zero-order valence-electron chi connectivity index (χ0n) is 13.3. The van der Waals surface area contributed by atoms with E-state index < -0.39 is 0 Å². The van der Waals surface area contributed by atoms with E-state index in [1.807, 2.05) is 0 Å². The van der Waals surface area contributed by atoms with Crippen molar-refractivity contribution in [3.05, 3.63) is 29.8 Å². The topological polar surface area (TPSA) is 45.7 Å². The third-order valence-corrected chi connectivity index (χ3v) is 4.19. The van der Waals surface area contributed by atoms with Gasteiger partial charge in [-0.15, -0.1) is 35.7 Å². The van der Waals surface area contributed by atoms with Crippen LogP contribution in [0, 0.1) is 0 Å². The number of halogens is 1. The Kier molecular flexibility index (Phi) is 9.90. The van der Waals surface area contributed by atoms with Gasteiger partial charge in [0.2, 0.25) is 0 Å². The van der Waals surface area contributed by atoms with E-state index in [0.717, 1.165) is 32.1 Å². The number of hydrogen-bond donors (Lipinski definition) is 2. The fourth-order valence-corrected chi connectivity index (χ4v) is 2.67. The number of nitrogens with zero attached hydrogens (tertiary/aromatic N) is 1. The van der Waals surface area contributed by atoms with Crippen LogP contribution in [0.2, 0.25) is 0 Å². The fourth-order valence-electron chi connectivity index (χ4n) is 2.26. The molecule has 1 atom stereocenters. The lowest BCUT2D eigenvalue weighted by Crippen LogP contribution is -2.41. The lowest BCUT2D eigenvalue weighted by atomic mass is 10.2. The monoisotopic (exact) mass is 435 g/mol. The molecule has 22 heavy (non-hydrogen) atoms. The van der Waals surface area contributed by atoms with Crippen molar-refractivity contribution < 1.29 is 4.74 Å². The Balaban J connectivity index is 0.00000242. The quantitative estimate of drug-likeness (QED) is 0.312. The molecule has 0 spiro atoms. The van der Waals surface area contributed by atoms with Gasteiger partial charge in [-0.1, -0.05) is 12.1 Å². The first-order valence-corrected chi connectivity index (χ1v) is 8.81. The highest BCUT2D eigenvalue weighted by Gasteiger charge is 2.15. The first-order valence-electron chi connectivity index (χ1n) is 7.58. The Morgan fingerprint density at radius 3 is 2.68 bits per heavy atom. The van der Waals surface area contributed by atoms with Crippen LogP contribution in [-0.2, 0) is 11.3 Å². The largest absolute Gasteiger partial charge is 0.376 e. The van der Waals surface area contributed by atoms with E-state index in [4.69, 9.17) is 4.74 Å². The summed E-state index contributed by atoms with van der Waals surface area (Å²) in [5.41, 5.74) is 1.22. The van der Waals surface area contributed by atoms with Crippen molar-refractivity contribution >= 4 is 41.7 Å². The summed E-state index contributed by atoms with van der Waals surface area (Å²) in [5, 5.41) is 6.64. The van der Waals surface area contributed by atoms with E-state index in [1.54, 1.807) is 11.8 Å². The maximum Gasteiger partial charge on any atom is 0.191 e. The van der Waals surface area contributed by atoms with Gasteiger partial charge in [-0.25, -0.2) is 4.99 Å². The Hall–Kier alpha value is -0.470. The summed E-state index contributed by atoms with van der Waals surface area (Å²) >= 11 is 1.76. The molecule has 0 saturated carbocycles. The molecule has 1 aliphatic heterocycles. The summed E-state index contributed by atoms with van der Waals surface area (Å²) in [6.07, 6.45) is 4.73. The van der Waals surface area contributed by atoms with Crippen LogP contribution in [0.1, 0.15) is 25.3 Å². The van der Waals surface area contributed by atoms with Gasteiger partial charge >= 0.3 is 0 Å². The molecular weight excluding hydrogens is 409 g/mol. The van der Waals surface area contributed by atoms with E-state index in [0.29, 0.717) is 12.6 Å². The van der Waals surface area contributed by atoms with E-state index in [2.05, 4.69) is 53.1 Å². The summed E-state index contributed by atoms with van der Waals surface area (Å²) in [7, 11) is 0. The molecule has 1 aromatic carbocycles. The van der Waals surface area contributed by atoms with Crippen molar-refractivity contribution in [3.8, 4) is 0 Å². The molecule has 1 aliphatic rings. The van der Waals surface area contributed by atoms with Gasteiger partial charge in [0, 0.05) is 24.6 Å². The molecule has 1 aromatic rings. The van der Waals surface area contributed by atoms with Gasteiger partial charge in [-0.05, 0) is 43.7 Å². The number of thioether (sulfide) groups is 1. The van der Waals surface area contributed by atoms with Gasteiger partial charge < -0.3 is 15.4 Å². The van der Waals surface area contributed by atoms with Crippen LogP contribution in [0.5, 0.6) is 0 Å². The predicted octanol–water partition coefficient (Wildman–Crippen LogP) is 3.26. The second-order valence-electron chi connectivity index (χ2n) is 5.06. The van der Waals surface area contributed by atoms with Gasteiger partial charge in [-0.3, -0.25) is 0 Å².